The smallest absolute Gasteiger partial charge is 0.335 e. The summed E-state index contributed by atoms with van der Waals surface area (Å²) in [4.78, 5) is 37.0. The molecule has 126 valence electrons. The van der Waals surface area contributed by atoms with E-state index in [0.717, 1.165) is 5.56 Å². The van der Waals surface area contributed by atoms with Crippen LogP contribution in [0.3, 0.4) is 0 Å². The van der Waals surface area contributed by atoms with Crippen molar-refractivity contribution in [3.8, 4) is 0 Å². The normalized spacial score (nSPS) is 22.0. The van der Waals surface area contributed by atoms with Crippen molar-refractivity contribution < 1.29 is 19.5 Å². The van der Waals surface area contributed by atoms with Crippen molar-refractivity contribution in [3.63, 3.8) is 0 Å². The SMILES string of the molecule is O=C(O)c1ccc(N2C(=O)CCSC23C(=O)Nc2ccccc23)cc1. The second kappa shape index (κ2) is 5.63. The number of carbonyl (C=O) groups is 3. The van der Waals surface area contributed by atoms with Crippen LogP contribution in [0, 0.1) is 0 Å². The molecular weight excluding hydrogens is 340 g/mol. The van der Waals surface area contributed by atoms with Crippen molar-refractivity contribution in [2.45, 2.75) is 11.3 Å². The van der Waals surface area contributed by atoms with Gasteiger partial charge >= 0.3 is 5.97 Å². The molecule has 2 aliphatic rings. The molecule has 1 unspecified atom stereocenters. The average molecular weight is 354 g/mol. The molecule has 2 N–H and O–H groups in total. The van der Waals surface area contributed by atoms with E-state index < -0.39 is 10.8 Å². The largest absolute Gasteiger partial charge is 0.478 e. The number of carboxylic acids is 1. The zero-order valence-electron chi connectivity index (χ0n) is 13.1. The van der Waals surface area contributed by atoms with Crippen molar-refractivity contribution in [2.75, 3.05) is 16.0 Å². The first-order valence-electron chi connectivity index (χ1n) is 7.75. The molecule has 0 aromatic heterocycles. The van der Waals surface area contributed by atoms with E-state index >= 15 is 0 Å². The lowest BCUT2D eigenvalue weighted by atomic mass is 10.0. The lowest BCUT2D eigenvalue weighted by Crippen LogP contribution is -2.54. The highest BCUT2D eigenvalue weighted by molar-refractivity contribution is 8.01. The molecule has 4 rings (SSSR count). The van der Waals surface area contributed by atoms with E-state index in [9.17, 15) is 14.4 Å². The van der Waals surface area contributed by atoms with E-state index in [1.54, 1.807) is 12.1 Å². The number of carbonyl (C=O) groups excluding carboxylic acids is 2. The number of aromatic carboxylic acids is 1. The predicted octanol–water partition coefficient (Wildman–Crippen LogP) is 2.66. The third kappa shape index (κ3) is 2.23. The summed E-state index contributed by atoms with van der Waals surface area (Å²) in [5, 5.41) is 11.9. The number of anilines is 2. The minimum absolute atomic E-state index is 0.131. The van der Waals surface area contributed by atoms with Crippen LogP contribution < -0.4 is 10.2 Å². The average Bonchev–Trinajstić information content (AvgIpc) is 2.88. The summed E-state index contributed by atoms with van der Waals surface area (Å²) >= 11 is 1.42. The number of benzene rings is 2. The van der Waals surface area contributed by atoms with Crippen LogP contribution in [-0.4, -0.2) is 28.6 Å². The summed E-state index contributed by atoms with van der Waals surface area (Å²) in [5.74, 6) is -0.906. The van der Waals surface area contributed by atoms with E-state index in [0.29, 0.717) is 23.5 Å². The van der Waals surface area contributed by atoms with Crippen molar-refractivity contribution in [2.24, 2.45) is 0 Å². The predicted molar refractivity (Wildman–Crippen MR) is 94.7 cm³/mol. The molecule has 0 radical (unpaired) electrons. The first-order chi connectivity index (χ1) is 12.0. The minimum Gasteiger partial charge on any atom is -0.478 e. The highest BCUT2D eigenvalue weighted by atomic mass is 32.2. The van der Waals surface area contributed by atoms with Crippen LogP contribution in [0.1, 0.15) is 22.3 Å². The Morgan fingerprint density at radius 1 is 1.12 bits per heavy atom. The third-order valence-corrected chi connectivity index (χ3v) is 5.83. The second-order valence-corrected chi connectivity index (χ2v) is 7.11. The maximum Gasteiger partial charge on any atom is 0.335 e. The van der Waals surface area contributed by atoms with E-state index in [2.05, 4.69) is 5.32 Å². The highest BCUT2D eigenvalue weighted by Gasteiger charge is 2.56. The summed E-state index contributed by atoms with van der Waals surface area (Å²) in [7, 11) is 0. The van der Waals surface area contributed by atoms with Crippen LogP contribution in [0.2, 0.25) is 0 Å². The van der Waals surface area contributed by atoms with Gasteiger partial charge in [-0.25, -0.2) is 4.79 Å². The number of nitrogens with one attached hydrogen (secondary N) is 1. The Labute approximate surface area is 147 Å². The Hall–Kier alpha value is -2.80. The highest BCUT2D eigenvalue weighted by Crippen LogP contribution is 2.52. The van der Waals surface area contributed by atoms with Gasteiger partial charge in [0, 0.05) is 29.1 Å². The Morgan fingerprint density at radius 3 is 2.56 bits per heavy atom. The van der Waals surface area contributed by atoms with Crippen molar-refractivity contribution in [1.29, 1.82) is 0 Å². The molecule has 2 aromatic rings. The van der Waals surface area contributed by atoms with Crippen molar-refractivity contribution in [1.82, 2.24) is 0 Å². The zero-order valence-corrected chi connectivity index (χ0v) is 13.9. The quantitative estimate of drug-likeness (QED) is 0.866. The van der Waals surface area contributed by atoms with Gasteiger partial charge in [0.2, 0.25) is 10.8 Å². The summed E-state index contributed by atoms with van der Waals surface area (Å²) in [6.45, 7) is 0. The minimum atomic E-state index is -1.16. The molecular formula is C18H14N2O4S. The number of rotatable bonds is 2. The fourth-order valence-corrected chi connectivity index (χ4v) is 4.72. The third-order valence-electron chi connectivity index (χ3n) is 4.41. The van der Waals surface area contributed by atoms with Gasteiger partial charge in [0.25, 0.3) is 5.91 Å². The van der Waals surface area contributed by atoms with Gasteiger partial charge in [0.1, 0.15) is 0 Å². The van der Waals surface area contributed by atoms with E-state index in [-0.39, 0.29) is 17.4 Å². The molecule has 6 nitrogen and oxygen atoms in total. The molecule has 0 saturated carbocycles. The van der Waals surface area contributed by atoms with Crippen LogP contribution in [0.25, 0.3) is 0 Å². The topological polar surface area (TPSA) is 86.7 Å². The number of para-hydroxylation sites is 1. The number of thioether (sulfide) groups is 1. The van der Waals surface area contributed by atoms with Gasteiger partial charge in [-0.1, -0.05) is 18.2 Å². The van der Waals surface area contributed by atoms with Gasteiger partial charge in [-0.05, 0) is 30.3 Å². The maximum atomic E-state index is 12.9. The molecule has 1 saturated heterocycles. The first kappa shape index (κ1) is 15.7. The number of hydrogen-bond donors (Lipinski definition) is 2. The van der Waals surface area contributed by atoms with Crippen LogP contribution in [0.4, 0.5) is 11.4 Å². The number of carboxylic acid groups (broad SMARTS) is 1. The molecule has 25 heavy (non-hydrogen) atoms. The number of nitrogens with zero attached hydrogens (tertiary/aromatic N) is 1. The molecule has 1 atom stereocenters. The van der Waals surface area contributed by atoms with Crippen LogP contribution >= 0.6 is 11.8 Å². The summed E-state index contributed by atoms with van der Waals surface area (Å²) in [6, 6.07) is 13.4. The monoisotopic (exact) mass is 354 g/mol. The van der Waals surface area contributed by atoms with E-state index in [4.69, 9.17) is 5.11 Å². The number of hydrogen-bond acceptors (Lipinski definition) is 4. The lowest BCUT2D eigenvalue weighted by Gasteiger charge is -2.42. The fraction of sp³-hybridized carbons (Fsp3) is 0.167. The van der Waals surface area contributed by atoms with Gasteiger partial charge < -0.3 is 10.4 Å². The molecule has 0 bridgehead atoms. The van der Waals surface area contributed by atoms with Crippen molar-refractivity contribution >= 4 is 40.9 Å². The molecule has 0 aliphatic carbocycles. The lowest BCUT2D eigenvalue weighted by molar-refractivity contribution is -0.124. The molecule has 2 heterocycles. The summed E-state index contributed by atoms with van der Waals surface area (Å²) in [5.41, 5.74) is 2.09. The van der Waals surface area contributed by atoms with Crippen LogP contribution in [-0.2, 0) is 14.5 Å². The molecule has 2 aromatic carbocycles. The Balaban J connectivity index is 1.88. The number of amides is 2. The van der Waals surface area contributed by atoms with Gasteiger partial charge in [-0.3, -0.25) is 14.5 Å². The second-order valence-electron chi connectivity index (χ2n) is 5.82. The Kier molecular flexibility index (Phi) is 3.54. The molecule has 1 spiro atoms. The molecule has 2 amide bonds. The molecule has 7 heteroatoms. The van der Waals surface area contributed by atoms with Gasteiger partial charge in [-0.15, -0.1) is 11.8 Å². The molecule has 1 fully saturated rings. The van der Waals surface area contributed by atoms with Crippen LogP contribution in [0.15, 0.2) is 48.5 Å². The van der Waals surface area contributed by atoms with Gasteiger partial charge in [0.05, 0.1) is 5.56 Å². The first-order valence-corrected chi connectivity index (χ1v) is 8.74. The maximum absolute atomic E-state index is 12.9. The summed E-state index contributed by atoms with van der Waals surface area (Å²) < 4.78 is 0. The standard InChI is InChI=1S/C18H14N2O4S/c21-15-9-10-25-18(13-3-1-2-4-14(13)19-17(18)24)20(15)12-7-5-11(6-8-12)16(22)23/h1-8H,9-10H2,(H,19,24)(H,22,23). The Morgan fingerprint density at radius 2 is 1.84 bits per heavy atom. The van der Waals surface area contributed by atoms with E-state index in [1.165, 1.54) is 28.8 Å². The fourth-order valence-electron chi connectivity index (χ4n) is 3.30. The zero-order chi connectivity index (χ0) is 17.6. The molecule has 2 aliphatic heterocycles. The van der Waals surface area contributed by atoms with Gasteiger partial charge in [-0.2, -0.15) is 0 Å². The summed E-state index contributed by atoms with van der Waals surface area (Å²) in [6.07, 6.45) is 0.322. The van der Waals surface area contributed by atoms with Gasteiger partial charge in [0.15, 0.2) is 0 Å². The number of fused-ring (bicyclic) bond motifs is 2. The van der Waals surface area contributed by atoms with Crippen molar-refractivity contribution in [3.05, 3.63) is 59.7 Å². The Bertz CT molecular complexity index is 896. The van der Waals surface area contributed by atoms with E-state index in [1.807, 2.05) is 24.3 Å². The van der Waals surface area contributed by atoms with Crippen LogP contribution in [0.5, 0.6) is 0 Å².